The van der Waals surface area contributed by atoms with Gasteiger partial charge in [-0.3, -0.25) is 9.88 Å². The van der Waals surface area contributed by atoms with Crippen LogP contribution in [0, 0.1) is 11.3 Å². The normalized spacial score (nSPS) is 17.6. The Morgan fingerprint density at radius 1 is 1.29 bits per heavy atom. The molecule has 124 valence electrons. The zero-order valence-electron chi connectivity index (χ0n) is 14.1. The first kappa shape index (κ1) is 16.4. The van der Waals surface area contributed by atoms with Gasteiger partial charge in [-0.05, 0) is 55.8 Å². The Hall–Kier alpha value is -2.45. The fraction of sp³-hybridized carbons (Fsp3) is 0.421. The van der Waals surface area contributed by atoms with Crippen molar-refractivity contribution in [2.75, 3.05) is 24.5 Å². The Morgan fingerprint density at radius 2 is 2.12 bits per heavy atom. The summed E-state index contributed by atoms with van der Waals surface area (Å²) >= 11 is 0. The minimum absolute atomic E-state index is 0.564. The van der Waals surface area contributed by atoms with Gasteiger partial charge in [0.2, 0.25) is 0 Å². The summed E-state index contributed by atoms with van der Waals surface area (Å²) in [6.07, 6.45) is 7.81. The fourth-order valence-electron chi connectivity index (χ4n) is 3.36. The fourth-order valence-corrected chi connectivity index (χ4v) is 3.36. The molecule has 24 heavy (non-hydrogen) atoms. The summed E-state index contributed by atoms with van der Waals surface area (Å²) in [5, 5.41) is 8.98. The maximum atomic E-state index is 8.98. The van der Waals surface area contributed by atoms with Crippen molar-refractivity contribution >= 4 is 5.82 Å². The maximum absolute atomic E-state index is 8.98. The van der Waals surface area contributed by atoms with Crippen LogP contribution in [0.4, 0.5) is 5.82 Å². The first-order valence-electron chi connectivity index (χ1n) is 8.54. The number of pyridine rings is 2. The Balaban J connectivity index is 1.81. The van der Waals surface area contributed by atoms with Crippen LogP contribution in [0.25, 0.3) is 0 Å². The van der Waals surface area contributed by atoms with Gasteiger partial charge in [0.1, 0.15) is 11.9 Å². The van der Waals surface area contributed by atoms with Crippen molar-refractivity contribution in [3.05, 3.63) is 54.0 Å². The average Bonchev–Trinajstić information content (AvgIpc) is 3.09. The van der Waals surface area contributed by atoms with Crippen LogP contribution in [-0.2, 0) is 6.54 Å². The van der Waals surface area contributed by atoms with Crippen molar-refractivity contribution in [2.24, 2.45) is 0 Å². The lowest BCUT2D eigenvalue weighted by Gasteiger charge is -2.31. The van der Waals surface area contributed by atoms with Crippen molar-refractivity contribution in [1.29, 1.82) is 5.26 Å². The molecule has 0 N–H and O–H groups in total. The summed E-state index contributed by atoms with van der Waals surface area (Å²) in [6.45, 7) is 6.26. The molecular weight excluding hydrogens is 298 g/mol. The maximum Gasteiger partial charge on any atom is 0.128 e. The molecule has 2 aromatic heterocycles. The van der Waals surface area contributed by atoms with Gasteiger partial charge >= 0.3 is 0 Å². The van der Waals surface area contributed by atoms with Gasteiger partial charge in [-0.15, -0.1) is 0 Å². The van der Waals surface area contributed by atoms with E-state index in [1.54, 1.807) is 6.20 Å². The van der Waals surface area contributed by atoms with Gasteiger partial charge in [0, 0.05) is 37.7 Å². The van der Waals surface area contributed by atoms with Crippen LogP contribution in [0.3, 0.4) is 0 Å². The number of rotatable bonds is 6. The third-order valence-electron chi connectivity index (χ3n) is 4.66. The molecule has 0 spiro atoms. The summed E-state index contributed by atoms with van der Waals surface area (Å²) in [5.74, 6) is 0.925. The van der Waals surface area contributed by atoms with Gasteiger partial charge in [-0.1, -0.05) is 6.92 Å². The summed E-state index contributed by atoms with van der Waals surface area (Å²) in [7, 11) is 0. The van der Waals surface area contributed by atoms with Crippen LogP contribution in [0.5, 0.6) is 0 Å². The zero-order valence-corrected chi connectivity index (χ0v) is 14.1. The summed E-state index contributed by atoms with van der Waals surface area (Å²) in [6, 6.07) is 10.6. The molecule has 5 heteroatoms. The van der Waals surface area contributed by atoms with Crippen LogP contribution in [0.1, 0.15) is 30.9 Å². The molecule has 0 aliphatic carbocycles. The highest BCUT2D eigenvalue weighted by molar-refractivity contribution is 5.43. The quantitative estimate of drug-likeness (QED) is 0.819. The van der Waals surface area contributed by atoms with Crippen LogP contribution < -0.4 is 4.90 Å². The van der Waals surface area contributed by atoms with E-state index in [1.807, 2.05) is 36.7 Å². The largest absolute Gasteiger partial charge is 0.351 e. The average molecular weight is 321 g/mol. The van der Waals surface area contributed by atoms with Crippen LogP contribution in [-0.4, -0.2) is 40.5 Å². The smallest absolute Gasteiger partial charge is 0.128 e. The van der Waals surface area contributed by atoms with Crippen LogP contribution in [0.15, 0.2) is 42.9 Å². The highest BCUT2D eigenvalue weighted by atomic mass is 15.3. The van der Waals surface area contributed by atoms with Gasteiger partial charge in [0.25, 0.3) is 0 Å². The van der Waals surface area contributed by atoms with Crippen molar-refractivity contribution in [3.8, 4) is 6.07 Å². The van der Waals surface area contributed by atoms with Crippen molar-refractivity contribution < 1.29 is 0 Å². The second kappa shape index (κ2) is 7.89. The first-order valence-corrected chi connectivity index (χ1v) is 8.54. The van der Waals surface area contributed by atoms with E-state index in [-0.39, 0.29) is 0 Å². The standard InChI is InChI=1S/C19H23N5/c1-2-23-11-3-4-18(23)15-24(14-16-7-9-21-10-8-16)19-6-5-17(12-20)13-22-19/h5-10,13,18H,2-4,11,14-15H2,1H3. The second-order valence-electron chi connectivity index (χ2n) is 6.18. The number of likely N-dealkylation sites (tertiary alicyclic amines) is 1. The number of aromatic nitrogens is 2. The molecule has 1 aliphatic rings. The molecule has 1 fully saturated rings. The Kier molecular flexibility index (Phi) is 5.39. The van der Waals surface area contributed by atoms with Gasteiger partial charge in [-0.2, -0.15) is 5.26 Å². The third kappa shape index (κ3) is 3.90. The third-order valence-corrected chi connectivity index (χ3v) is 4.66. The van der Waals surface area contributed by atoms with Crippen molar-refractivity contribution in [3.63, 3.8) is 0 Å². The zero-order chi connectivity index (χ0) is 16.8. The highest BCUT2D eigenvalue weighted by Crippen LogP contribution is 2.22. The van der Waals surface area contributed by atoms with E-state index in [4.69, 9.17) is 5.26 Å². The van der Waals surface area contributed by atoms with E-state index in [2.05, 4.69) is 32.8 Å². The van der Waals surface area contributed by atoms with Crippen LogP contribution >= 0.6 is 0 Å². The molecule has 0 bridgehead atoms. The molecule has 5 nitrogen and oxygen atoms in total. The molecule has 0 amide bonds. The van der Waals surface area contributed by atoms with E-state index in [9.17, 15) is 0 Å². The van der Waals surface area contributed by atoms with E-state index in [0.717, 1.165) is 25.5 Å². The molecule has 3 heterocycles. The lowest BCUT2D eigenvalue weighted by atomic mass is 10.1. The van der Waals surface area contributed by atoms with E-state index < -0.39 is 0 Å². The van der Waals surface area contributed by atoms with Gasteiger partial charge in [-0.25, -0.2) is 4.98 Å². The molecule has 1 unspecified atom stereocenters. The summed E-state index contributed by atoms with van der Waals surface area (Å²) in [4.78, 5) is 13.5. The molecule has 0 aromatic carbocycles. The van der Waals surface area contributed by atoms with Gasteiger partial charge in [0.05, 0.1) is 5.56 Å². The minimum atomic E-state index is 0.564. The van der Waals surface area contributed by atoms with Crippen molar-refractivity contribution in [2.45, 2.75) is 32.4 Å². The molecule has 1 saturated heterocycles. The number of nitrogens with zero attached hydrogens (tertiary/aromatic N) is 5. The molecule has 2 aromatic rings. The number of nitriles is 1. The second-order valence-corrected chi connectivity index (χ2v) is 6.18. The lowest BCUT2D eigenvalue weighted by Crippen LogP contribution is -2.40. The van der Waals surface area contributed by atoms with Gasteiger partial charge in [0.15, 0.2) is 0 Å². The molecular formula is C19H23N5. The Bertz CT molecular complexity index is 677. The van der Waals surface area contributed by atoms with Crippen molar-refractivity contribution in [1.82, 2.24) is 14.9 Å². The molecule has 1 aliphatic heterocycles. The SMILES string of the molecule is CCN1CCCC1CN(Cc1ccncc1)c1ccc(C#N)cn1. The number of hydrogen-bond donors (Lipinski definition) is 0. The lowest BCUT2D eigenvalue weighted by molar-refractivity contribution is 0.268. The summed E-state index contributed by atoms with van der Waals surface area (Å²) in [5.41, 5.74) is 1.82. The Labute approximate surface area is 143 Å². The topological polar surface area (TPSA) is 56.0 Å². The highest BCUT2D eigenvalue weighted by Gasteiger charge is 2.25. The minimum Gasteiger partial charge on any atom is -0.351 e. The van der Waals surface area contributed by atoms with E-state index in [1.165, 1.54) is 24.9 Å². The number of anilines is 1. The number of likely N-dealkylation sites (N-methyl/N-ethyl adjacent to an activating group) is 1. The molecule has 3 rings (SSSR count). The Morgan fingerprint density at radius 3 is 2.79 bits per heavy atom. The molecule has 1 atom stereocenters. The number of hydrogen-bond acceptors (Lipinski definition) is 5. The van der Waals surface area contributed by atoms with E-state index in [0.29, 0.717) is 11.6 Å². The predicted molar refractivity (Wildman–Crippen MR) is 94.5 cm³/mol. The van der Waals surface area contributed by atoms with Gasteiger partial charge < -0.3 is 4.90 Å². The monoisotopic (exact) mass is 321 g/mol. The molecule has 0 radical (unpaired) electrons. The van der Waals surface area contributed by atoms with E-state index >= 15 is 0 Å². The first-order chi connectivity index (χ1) is 11.8. The molecule has 0 saturated carbocycles. The summed E-state index contributed by atoms with van der Waals surface area (Å²) < 4.78 is 0. The predicted octanol–water partition coefficient (Wildman–Crippen LogP) is 2.84. The van der Waals surface area contributed by atoms with Crippen LogP contribution in [0.2, 0.25) is 0 Å².